The zero-order chi connectivity index (χ0) is 18.2. The Morgan fingerprint density at radius 3 is 2.56 bits per heavy atom. The van der Waals surface area contributed by atoms with E-state index in [0.29, 0.717) is 12.0 Å². The second-order valence-corrected chi connectivity index (χ2v) is 7.01. The normalized spacial score (nSPS) is 28.9. The fraction of sp³-hybridized carbons (Fsp3) is 0.500. The Balaban J connectivity index is 1.82. The average molecular weight is 344 g/mol. The molecule has 1 aromatic carbocycles. The summed E-state index contributed by atoms with van der Waals surface area (Å²) in [6.07, 6.45) is 0.378. The summed E-state index contributed by atoms with van der Waals surface area (Å²) in [6.45, 7) is 7.21. The van der Waals surface area contributed by atoms with Crippen LogP contribution in [0, 0.1) is 0 Å². The molecule has 134 valence electrons. The summed E-state index contributed by atoms with van der Waals surface area (Å²) in [5.41, 5.74) is 1.42. The van der Waals surface area contributed by atoms with Crippen molar-refractivity contribution in [3.05, 3.63) is 47.5 Å². The number of Topliss-reactive ketones (excluding diaryl/α,β-unsaturated/α-hetero) is 1. The van der Waals surface area contributed by atoms with Gasteiger partial charge in [-0.1, -0.05) is 37.3 Å². The molecule has 0 radical (unpaired) electrons. The van der Waals surface area contributed by atoms with E-state index >= 15 is 0 Å². The second kappa shape index (κ2) is 6.73. The molecule has 5 nitrogen and oxygen atoms in total. The summed E-state index contributed by atoms with van der Waals surface area (Å²) in [7, 11) is 0. The number of fused-ring (bicyclic) bond motifs is 1. The molecule has 2 aliphatic rings. The summed E-state index contributed by atoms with van der Waals surface area (Å²) in [5.74, 6) is -1.85. The quantitative estimate of drug-likeness (QED) is 0.785. The highest BCUT2D eigenvalue weighted by molar-refractivity contribution is 6.01. The molecule has 1 aliphatic heterocycles. The topological polar surface area (TPSA) is 61.8 Å². The van der Waals surface area contributed by atoms with E-state index in [1.165, 1.54) is 0 Å². The summed E-state index contributed by atoms with van der Waals surface area (Å²) < 4.78 is 17.3. The van der Waals surface area contributed by atoms with E-state index < -0.39 is 29.9 Å². The van der Waals surface area contributed by atoms with Gasteiger partial charge in [0, 0.05) is 0 Å². The van der Waals surface area contributed by atoms with Crippen LogP contribution in [0.25, 0.3) is 0 Å². The Morgan fingerprint density at radius 1 is 1.24 bits per heavy atom. The molecule has 0 amide bonds. The predicted octanol–water partition coefficient (Wildman–Crippen LogP) is 3.14. The number of carbonyl (C=O) groups is 2. The average Bonchev–Trinajstić information content (AvgIpc) is 2.87. The second-order valence-electron chi connectivity index (χ2n) is 7.01. The van der Waals surface area contributed by atoms with Crippen LogP contribution in [0.4, 0.5) is 0 Å². The Hall–Kier alpha value is -1.98. The molecule has 1 saturated heterocycles. The van der Waals surface area contributed by atoms with E-state index in [1.807, 2.05) is 37.3 Å². The first-order chi connectivity index (χ1) is 11.8. The zero-order valence-electron chi connectivity index (χ0n) is 15.0. The predicted molar refractivity (Wildman–Crippen MR) is 91.9 cm³/mol. The van der Waals surface area contributed by atoms with Crippen molar-refractivity contribution in [3.8, 4) is 0 Å². The molecule has 5 heteroatoms. The van der Waals surface area contributed by atoms with Gasteiger partial charge < -0.3 is 14.2 Å². The van der Waals surface area contributed by atoms with Crippen LogP contribution in [0.5, 0.6) is 0 Å². The van der Waals surface area contributed by atoms with Crippen molar-refractivity contribution in [2.45, 2.75) is 64.1 Å². The molecule has 1 aliphatic carbocycles. The van der Waals surface area contributed by atoms with Gasteiger partial charge >= 0.3 is 5.97 Å². The molecule has 0 bridgehead atoms. The molecule has 1 aromatic rings. The zero-order valence-corrected chi connectivity index (χ0v) is 15.0. The third-order valence-electron chi connectivity index (χ3n) is 4.66. The standard InChI is InChI=1S/C20H24O5/c1-5-14(13-9-7-6-8-10-13)19(22)23-18-16(21)12(2)11-15-17(18)25-20(3,4)24-15/h6-11,14-15,17-18H,5H2,1-4H3/t14-,15-,17-,18+/m1/s1. The van der Waals surface area contributed by atoms with Gasteiger partial charge in [-0.25, -0.2) is 0 Å². The Morgan fingerprint density at radius 2 is 1.92 bits per heavy atom. The Kier molecular flexibility index (Phi) is 4.80. The van der Waals surface area contributed by atoms with Crippen molar-refractivity contribution in [3.63, 3.8) is 0 Å². The summed E-state index contributed by atoms with van der Waals surface area (Å²) in [5, 5.41) is 0. The number of hydrogen-bond acceptors (Lipinski definition) is 5. The molecule has 3 rings (SSSR count). The smallest absolute Gasteiger partial charge is 0.314 e. The molecule has 0 spiro atoms. The van der Waals surface area contributed by atoms with Crippen molar-refractivity contribution in [1.29, 1.82) is 0 Å². The molecule has 0 saturated carbocycles. The van der Waals surface area contributed by atoms with Crippen LogP contribution >= 0.6 is 0 Å². The molecule has 4 atom stereocenters. The first kappa shape index (κ1) is 17.8. The van der Waals surface area contributed by atoms with Gasteiger partial charge in [0.2, 0.25) is 5.78 Å². The highest BCUT2D eigenvalue weighted by Crippen LogP contribution is 2.36. The van der Waals surface area contributed by atoms with E-state index in [2.05, 4.69) is 0 Å². The first-order valence-electron chi connectivity index (χ1n) is 8.66. The minimum absolute atomic E-state index is 0.223. The maximum Gasteiger partial charge on any atom is 0.314 e. The third kappa shape index (κ3) is 3.53. The van der Waals surface area contributed by atoms with Crippen LogP contribution in [0.15, 0.2) is 42.0 Å². The monoisotopic (exact) mass is 344 g/mol. The van der Waals surface area contributed by atoms with Crippen LogP contribution in [0.1, 0.15) is 45.6 Å². The third-order valence-corrected chi connectivity index (χ3v) is 4.66. The molecule has 0 N–H and O–H groups in total. The number of rotatable bonds is 4. The molecule has 1 fully saturated rings. The fourth-order valence-corrected chi connectivity index (χ4v) is 3.43. The fourth-order valence-electron chi connectivity index (χ4n) is 3.43. The minimum atomic E-state index is -0.970. The van der Waals surface area contributed by atoms with Gasteiger partial charge in [0.25, 0.3) is 0 Å². The van der Waals surface area contributed by atoms with Crippen molar-refractivity contribution in [2.75, 3.05) is 0 Å². The van der Waals surface area contributed by atoms with Gasteiger partial charge in [0.05, 0.1) is 5.92 Å². The molecule has 0 aromatic heterocycles. The van der Waals surface area contributed by atoms with Crippen molar-refractivity contribution in [1.82, 2.24) is 0 Å². The largest absolute Gasteiger partial charge is 0.451 e. The van der Waals surface area contributed by atoms with Crippen LogP contribution < -0.4 is 0 Å². The SMILES string of the molecule is CC[C@@H](C(=O)O[C@H]1C(=O)C(C)=C[C@H]2OC(C)(C)O[C@H]21)c1ccccc1. The van der Waals surface area contributed by atoms with Gasteiger partial charge in [-0.05, 0) is 44.4 Å². The van der Waals surface area contributed by atoms with Gasteiger partial charge in [0.1, 0.15) is 12.2 Å². The summed E-state index contributed by atoms with van der Waals surface area (Å²) >= 11 is 0. The van der Waals surface area contributed by atoms with E-state index in [0.717, 1.165) is 5.56 Å². The lowest BCUT2D eigenvalue weighted by atomic mass is 9.91. The number of ketones is 1. The van der Waals surface area contributed by atoms with Gasteiger partial charge in [-0.15, -0.1) is 0 Å². The first-order valence-corrected chi connectivity index (χ1v) is 8.66. The lowest BCUT2D eigenvalue weighted by Crippen LogP contribution is -2.47. The Labute approximate surface area is 148 Å². The van der Waals surface area contributed by atoms with Gasteiger partial charge in [-0.3, -0.25) is 9.59 Å². The molecular formula is C20H24O5. The van der Waals surface area contributed by atoms with Gasteiger partial charge in [-0.2, -0.15) is 0 Å². The molecule has 25 heavy (non-hydrogen) atoms. The number of benzene rings is 1. The van der Waals surface area contributed by atoms with Crippen LogP contribution in [0.2, 0.25) is 0 Å². The number of carbonyl (C=O) groups excluding carboxylic acids is 2. The summed E-state index contributed by atoms with van der Waals surface area (Å²) in [4.78, 5) is 25.3. The van der Waals surface area contributed by atoms with Gasteiger partial charge in [0.15, 0.2) is 11.9 Å². The maximum absolute atomic E-state index is 12.8. The van der Waals surface area contributed by atoms with Crippen LogP contribution in [-0.2, 0) is 23.8 Å². The summed E-state index contributed by atoms with van der Waals surface area (Å²) in [6, 6.07) is 9.46. The highest BCUT2D eigenvalue weighted by Gasteiger charge is 2.51. The highest BCUT2D eigenvalue weighted by atomic mass is 16.8. The number of ether oxygens (including phenoxy) is 3. The maximum atomic E-state index is 12.8. The van der Waals surface area contributed by atoms with Crippen molar-refractivity contribution < 1.29 is 23.8 Å². The Bertz CT molecular complexity index is 691. The molecular weight excluding hydrogens is 320 g/mol. The van der Waals surface area contributed by atoms with Crippen molar-refractivity contribution >= 4 is 11.8 Å². The molecule has 0 unspecified atom stereocenters. The minimum Gasteiger partial charge on any atom is -0.451 e. The lowest BCUT2D eigenvalue weighted by Gasteiger charge is -2.29. The molecule has 1 heterocycles. The van der Waals surface area contributed by atoms with E-state index in [9.17, 15) is 9.59 Å². The number of hydrogen-bond donors (Lipinski definition) is 0. The van der Waals surface area contributed by atoms with Crippen LogP contribution in [-0.4, -0.2) is 35.9 Å². The van der Waals surface area contributed by atoms with E-state index in [-0.39, 0.29) is 11.9 Å². The van der Waals surface area contributed by atoms with E-state index in [4.69, 9.17) is 14.2 Å². The number of esters is 1. The van der Waals surface area contributed by atoms with Crippen molar-refractivity contribution in [2.24, 2.45) is 0 Å². The lowest BCUT2D eigenvalue weighted by molar-refractivity contribution is -0.174. The van der Waals surface area contributed by atoms with Crippen LogP contribution in [0.3, 0.4) is 0 Å². The van der Waals surface area contributed by atoms with E-state index in [1.54, 1.807) is 26.8 Å².